The van der Waals surface area contributed by atoms with E-state index in [0.29, 0.717) is 0 Å². The molecule has 0 amide bonds. The number of hydrogen-bond acceptors (Lipinski definition) is 3. The molecule has 0 radical (unpaired) electrons. The Morgan fingerprint density at radius 1 is 0.909 bits per heavy atom. The highest BCUT2D eigenvalue weighted by Gasteiger charge is 1.57. The van der Waals surface area contributed by atoms with Crippen LogP contribution in [0.1, 0.15) is 0 Å². The van der Waals surface area contributed by atoms with Gasteiger partial charge < -0.3 is 0 Å². The third kappa shape index (κ3) is 5.10. The summed E-state index contributed by atoms with van der Waals surface area (Å²) in [5, 5.41) is 15.5. The van der Waals surface area contributed by atoms with Gasteiger partial charge >= 0.3 is 0 Å². The number of nitrogens with one attached hydrogen (secondary N) is 2. The van der Waals surface area contributed by atoms with Crippen LogP contribution in [0.3, 0.4) is 0 Å². The minimum atomic E-state index is 0. The van der Waals surface area contributed by atoms with Crippen LogP contribution >= 0.6 is 12.4 Å². The van der Waals surface area contributed by atoms with Crippen LogP contribution in [-0.2, 0) is 0 Å². The van der Waals surface area contributed by atoms with E-state index < -0.39 is 0 Å². The van der Waals surface area contributed by atoms with E-state index >= 15 is 0 Å². The summed E-state index contributed by atoms with van der Waals surface area (Å²) >= 11 is 0. The Balaban J connectivity index is 0.000000167. The van der Waals surface area contributed by atoms with Crippen LogP contribution < -0.4 is 0 Å². The second-order valence-corrected chi connectivity index (χ2v) is 1.42. The Bertz CT molecular complexity index is 154. The molecular formula is C5H8ClN5. The summed E-state index contributed by atoms with van der Waals surface area (Å²) < 4.78 is 0. The summed E-state index contributed by atoms with van der Waals surface area (Å²) in [6.07, 6.45) is 6.62. The standard InChI is InChI=1S/C3H4N2.C2H3N3.ClH/c2*1-2-4-5-3-1;/h1-3H,(H,4,5);1-2H,(H,3,4,5);1H. The van der Waals surface area contributed by atoms with Crippen LogP contribution in [0.5, 0.6) is 0 Å². The first-order valence-corrected chi connectivity index (χ1v) is 2.73. The molecule has 6 heteroatoms. The predicted molar refractivity (Wildman–Crippen MR) is 42.2 cm³/mol. The first kappa shape index (κ1) is 9.64. The Hall–Kier alpha value is -1.36. The highest BCUT2D eigenvalue weighted by atomic mass is 35.5. The summed E-state index contributed by atoms with van der Waals surface area (Å²) in [6, 6.07) is 1.83. The van der Waals surface area contributed by atoms with Crippen molar-refractivity contribution in [3.8, 4) is 0 Å². The Kier molecular flexibility index (Phi) is 5.92. The average molecular weight is 174 g/mol. The van der Waals surface area contributed by atoms with Gasteiger partial charge in [-0.3, -0.25) is 5.10 Å². The molecule has 60 valence electrons. The maximum absolute atomic E-state index is 3.60. The van der Waals surface area contributed by atoms with Crippen molar-refractivity contribution in [1.29, 1.82) is 0 Å². The second kappa shape index (κ2) is 6.76. The van der Waals surface area contributed by atoms with E-state index in [0.717, 1.165) is 0 Å². The molecule has 2 aromatic rings. The lowest BCUT2D eigenvalue weighted by Crippen LogP contribution is -1.61. The van der Waals surface area contributed by atoms with Crippen LogP contribution in [0.4, 0.5) is 0 Å². The van der Waals surface area contributed by atoms with Crippen molar-refractivity contribution in [3.05, 3.63) is 30.9 Å². The fourth-order valence-corrected chi connectivity index (χ4v) is 0.382. The minimum absolute atomic E-state index is 0. The van der Waals surface area contributed by atoms with Gasteiger partial charge in [-0.1, -0.05) is 0 Å². The molecule has 2 aromatic heterocycles. The van der Waals surface area contributed by atoms with Crippen LogP contribution in [-0.4, -0.2) is 25.6 Å². The molecule has 0 bridgehead atoms. The molecule has 0 aliphatic heterocycles. The lowest BCUT2D eigenvalue weighted by Gasteiger charge is -1.49. The maximum atomic E-state index is 3.60. The fraction of sp³-hybridized carbons (Fsp3) is 0. The number of H-pyrrole nitrogens is 2. The number of nitrogens with zero attached hydrogens (tertiary/aromatic N) is 3. The fourth-order valence-electron chi connectivity index (χ4n) is 0.382. The van der Waals surface area contributed by atoms with E-state index in [-0.39, 0.29) is 12.4 Å². The minimum Gasteiger partial charge on any atom is -0.286 e. The van der Waals surface area contributed by atoms with Gasteiger partial charge in [-0.25, -0.2) is 0 Å². The molecule has 0 spiro atoms. The summed E-state index contributed by atoms with van der Waals surface area (Å²) in [5.41, 5.74) is 0. The van der Waals surface area contributed by atoms with Crippen LogP contribution in [0.25, 0.3) is 0 Å². The van der Waals surface area contributed by atoms with E-state index in [1.165, 1.54) is 0 Å². The molecular weight excluding hydrogens is 166 g/mol. The second-order valence-electron chi connectivity index (χ2n) is 1.42. The summed E-state index contributed by atoms with van der Waals surface area (Å²) in [7, 11) is 0. The van der Waals surface area contributed by atoms with Gasteiger partial charge in [-0.2, -0.15) is 20.5 Å². The Morgan fingerprint density at radius 3 is 1.82 bits per heavy atom. The van der Waals surface area contributed by atoms with Crippen LogP contribution in [0, 0.1) is 0 Å². The monoisotopic (exact) mass is 173 g/mol. The first-order chi connectivity index (χ1) is 5.00. The van der Waals surface area contributed by atoms with Crippen molar-refractivity contribution in [2.24, 2.45) is 0 Å². The molecule has 2 heterocycles. The molecule has 0 aliphatic carbocycles. The van der Waals surface area contributed by atoms with E-state index in [4.69, 9.17) is 0 Å². The lowest BCUT2D eigenvalue weighted by molar-refractivity contribution is 0.940. The van der Waals surface area contributed by atoms with Gasteiger partial charge in [-0.05, 0) is 6.07 Å². The normalized spacial score (nSPS) is 7.27. The molecule has 2 rings (SSSR count). The smallest absolute Gasteiger partial charge is 0.0690 e. The zero-order chi connectivity index (χ0) is 7.07. The zero-order valence-electron chi connectivity index (χ0n) is 5.64. The van der Waals surface area contributed by atoms with Gasteiger partial charge in [0.2, 0.25) is 0 Å². The molecule has 0 aromatic carbocycles. The van der Waals surface area contributed by atoms with Crippen LogP contribution in [0.2, 0.25) is 0 Å². The van der Waals surface area contributed by atoms with Crippen LogP contribution in [0.15, 0.2) is 30.9 Å². The third-order valence-corrected chi connectivity index (χ3v) is 0.737. The predicted octanol–water partition coefficient (Wildman–Crippen LogP) is 0.636. The van der Waals surface area contributed by atoms with Crippen molar-refractivity contribution in [2.45, 2.75) is 0 Å². The first-order valence-electron chi connectivity index (χ1n) is 2.73. The molecule has 0 saturated heterocycles. The largest absolute Gasteiger partial charge is 0.286 e. The number of halogens is 1. The molecule has 0 fully saturated rings. The Morgan fingerprint density at radius 2 is 1.64 bits per heavy atom. The van der Waals surface area contributed by atoms with Crippen molar-refractivity contribution in [3.63, 3.8) is 0 Å². The van der Waals surface area contributed by atoms with Crippen molar-refractivity contribution >= 4 is 12.4 Å². The van der Waals surface area contributed by atoms with Gasteiger partial charge in [-0.15, -0.1) is 12.4 Å². The Labute approximate surface area is 69.6 Å². The van der Waals surface area contributed by atoms with Crippen molar-refractivity contribution in [2.75, 3.05) is 0 Å². The van der Waals surface area contributed by atoms with Gasteiger partial charge in [0.15, 0.2) is 0 Å². The quantitative estimate of drug-likeness (QED) is 0.614. The van der Waals surface area contributed by atoms with Crippen molar-refractivity contribution < 1.29 is 0 Å². The van der Waals surface area contributed by atoms with Gasteiger partial charge in [0.05, 0.1) is 12.4 Å². The molecule has 5 nitrogen and oxygen atoms in total. The SMILES string of the molecule is Cl.c1cn[nH]c1.c1cn[nH]n1. The molecule has 0 atom stereocenters. The highest BCUT2D eigenvalue weighted by Crippen LogP contribution is 1.64. The zero-order valence-corrected chi connectivity index (χ0v) is 6.45. The van der Waals surface area contributed by atoms with Gasteiger partial charge in [0.1, 0.15) is 0 Å². The molecule has 11 heavy (non-hydrogen) atoms. The number of aromatic amines is 2. The van der Waals surface area contributed by atoms with Gasteiger partial charge in [0.25, 0.3) is 0 Å². The summed E-state index contributed by atoms with van der Waals surface area (Å²) in [6.45, 7) is 0. The summed E-state index contributed by atoms with van der Waals surface area (Å²) in [5.74, 6) is 0. The third-order valence-electron chi connectivity index (χ3n) is 0.737. The molecule has 0 saturated carbocycles. The van der Waals surface area contributed by atoms with E-state index in [9.17, 15) is 0 Å². The van der Waals surface area contributed by atoms with E-state index in [2.05, 4.69) is 25.6 Å². The number of aromatic nitrogens is 5. The maximum Gasteiger partial charge on any atom is 0.0690 e. The molecule has 0 unspecified atom stereocenters. The van der Waals surface area contributed by atoms with Gasteiger partial charge in [0, 0.05) is 12.4 Å². The molecule has 0 aliphatic rings. The number of rotatable bonds is 0. The lowest BCUT2D eigenvalue weighted by atomic mass is 10.8. The number of hydrogen-bond donors (Lipinski definition) is 2. The highest BCUT2D eigenvalue weighted by molar-refractivity contribution is 5.85. The summed E-state index contributed by atoms with van der Waals surface area (Å²) in [4.78, 5) is 0. The average Bonchev–Trinajstić information content (AvgIpc) is 2.67. The van der Waals surface area contributed by atoms with E-state index in [1.807, 2.05) is 6.07 Å². The van der Waals surface area contributed by atoms with E-state index in [1.54, 1.807) is 24.8 Å². The van der Waals surface area contributed by atoms with Crippen molar-refractivity contribution in [1.82, 2.24) is 25.6 Å². The molecule has 2 N–H and O–H groups in total. The topological polar surface area (TPSA) is 70.2 Å².